The first kappa shape index (κ1) is 30.7. The van der Waals surface area contributed by atoms with Gasteiger partial charge in [-0.1, -0.05) is 25.1 Å². The Bertz CT molecular complexity index is 1450. The number of fused-ring (bicyclic) bond motifs is 1. The van der Waals surface area contributed by atoms with Gasteiger partial charge >= 0.3 is 18.3 Å². The summed E-state index contributed by atoms with van der Waals surface area (Å²) in [6, 6.07) is 3.58. The van der Waals surface area contributed by atoms with E-state index in [4.69, 9.17) is 0 Å². The molecule has 41 heavy (non-hydrogen) atoms. The number of halogens is 8. The summed E-state index contributed by atoms with van der Waals surface area (Å²) in [4.78, 5) is 26.6. The number of rotatable bonds is 7. The van der Waals surface area contributed by atoms with Gasteiger partial charge < -0.3 is 15.3 Å². The molecular weight excluding hydrogens is 592 g/mol. The molecule has 0 spiro atoms. The molecule has 1 heterocycles. The zero-order chi connectivity index (χ0) is 30.8. The van der Waals surface area contributed by atoms with Crippen LogP contribution in [0.5, 0.6) is 0 Å². The summed E-state index contributed by atoms with van der Waals surface area (Å²) in [5, 5.41) is 11.7. The summed E-state index contributed by atoms with van der Waals surface area (Å²) in [5.41, 5.74) is -7.06. The van der Waals surface area contributed by atoms with Crippen LogP contribution in [0.15, 0.2) is 47.4 Å². The number of hydrogen-bond donors (Lipinski definition) is 2. The Balaban J connectivity index is 1.68. The fraction of sp³-hybridized carbons (Fsp3) is 0.440. The summed E-state index contributed by atoms with van der Waals surface area (Å²) in [6.45, 7) is 0.825. The number of carbonyl (C=O) groups is 2. The van der Waals surface area contributed by atoms with Gasteiger partial charge in [-0.25, -0.2) is 8.42 Å². The first-order valence-electron chi connectivity index (χ1n) is 12.1. The lowest BCUT2D eigenvalue weighted by Gasteiger charge is -2.32. The molecule has 1 unspecified atom stereocenters. The molecule has 2 aromatic carbocycles. The van der Waals surface area contributed by atoms with E-state index >= 15 is 0 Å². The number of nitrogens with zero attached hydrogens (tertiary/aromatic N) is 1. The summed E-state index contributed by atoms with van der Waals surface area (Å²) in [5.74, 6) is -8.19. The molecule has 1 saturated carbocycles. The first-order chi connectivity index (χ1) is 18.8. The molecule has 224 valence electrons. The molecule has 1 aliphatic carbocycles. The molecule has 2 aromatic rings. The molecular formula is C25H22F8N2O5S. The van der Waals surface area contributed by atoms with Crippen LogP contribution in [0.3, 0.4) is 0 Å². The maximum atomic E-state index is 14.8. The first-order valence-corrected chi connectivity index (χ1v) is 13.7. The minimum atomic E-state index is -6.14. The zero-order valence-corrected chi connectivity index (χ0v) is 21.8. The quantitative estimate of drug-likeness (QED) is 0.434. The van der Waals surface area contributed by atoms with Gasteiger partial charge in [0.25, 0.3) is 17.4 Å². The van der Waals surface area contributed by atoms with Gasteiger partial charge in [-0.05, 0) is 48.2 Å². The lowest BCUT2D eigenvalue weighted by atomic mass is 9.92. The molecule has 0 saturated heterocycles. The van der Waals surface area contributed by atoms with E-state index in [1.165, 1.54) is 13.0 Å². The average molecular weight is 615 g/mol. The molecule has 1 aliphatic heterocycles. The van der Waals surface area contributed by atoms with Gasteiger partial charge in [0.05, 0.1) is 10.6 Å². The lowest BCUT2D eigenvalue weighted by molar-refractivity contribution is -0.376. The van der Waals surface area contributed by atoms with E-state index in [2.05, 4.69) is 5.32 Å². The molecule has 0 radical (unpaired) electrons. The van der Waals surface area contributed by atoms with Crippen molar-refractivity contribution in [3.05, 3.63) is 59.2 Å². The largest absolute Gasteiger partial charge is 0.430 e. The Morgan fingerprint density at radius 3 is 2.00 bits per heavy atom. The van der Waals surface area contributed by atoms with Crippen LogP contribution in [0.2, 0.25) is 0 Å². The second-order valence-corrected chi connectivity index (χ2v) is 12.0. The minimum Gasteiger partial charge on any atom is -0.369 e. The van der Waals surface area contributed by atoms with Crippen molar-refractivity contribution in [2.45, 2.75) is 61.1 Å². The Kier molecular flexibility index (Phi) is 7.43. The third-order valence-corrected chi connectivity index (χ3v) is 8.81. The van der Waals surface area contributed by atoms with Crippen LogP contribution in [0.4, 0.5) is 40.8 Å². The molecule has 1 fully saturated rings. The van der Waals surface area contributed by atoms with Crippen LogP contribution >= 0.6 is 0 Å². The zero-order valence-electron chi connectivity index (χ0n) is 21.0. The fourth-order valence-electron chi connectivity index (χ4n) is 4.57. The summed E-state index contributed by atoms with van der Waals surface area (Å²) < 4.78 is 133. The summed E-state index contributed by atoms with van der Waals surface area (Å²) >= 11 is 0. The smallest absolute Gasteiger partial charge is 0.369 e. The van der Waals surface area contributed by atoms with Crippen LogP contribution in [0.25, 0.3) is 0 Å². The predicted octanol–water partition coefficient (Wildman–Crippen LogP) is 4.86. The number of benzene rings is 2. The maximum absolute atomic E-state index is 14.8. The van der Waals surface area contributed by atoms with Gasteiger partial charge in [0.15, 0.2) is 9.84 Å². The lowest BCUT2D eigenvalue weighted by Crippen LogP contribution is -2.53. The number of aliphatic hydroxyl groups is 1. The van der Waals surface area contributed by atoms with Crippen LogP contribution in [0.1, 0.15) is 42.5 Å². The van der Waals surface area contributed by atoms with Crippen molar-refractivity contribution in [1.82, 2.24) is 4.90 Å². The van der Waals surface area contributed by atoms with Crippen molar-refractivity contribution in [1.29, 1.82) is 0 Å². The molecule has 4 rings (SSSR count). The van der Waals surface area contributed by atoms with E-state index in [9.17, 15) is 58.2 Å². The topological polar surface area (TPSA) is 104 Å². The van der Waals surface area contributed by atoms with Crippen LogP contribution < -0.4 is 5.32 Å². The Hall–Kier alpha value is -3.27. The number of alkyl halides is 8. The van der Waals surface area contributed by atoms with Crippen molar-refractivity contribution >= 4 is 27.3 Å². The van der Waals surface area contributed by atoms with Crippen LogP contribution in [-0.4, -0.2) is 54.3 Å². The Morgan fingerprint density at radius 2 is 1.51 bits per heavy atom. The molecule has 0 bridgehead atoms. The van der Waals surface area contributed by atoms with Crippen molar-refractivity contribution in [3.8, 4) is 0 Å². The minimum absolute atomic E-state index is 0.0117. The SMILES string of the molecule is CCS(=O)(=O)c1ccc2c(c1)CN(C(=O)C(F)(F)C1CC1)C2C(=O)Nc1ccc(C(O)(C(F)(F)F)C(F)(F)F)cc1. The van der Waals surface area contributed by atoms with Crippen LogP contribution in [0, 0.1) is 5.92 Å². The van der Waals surface area contributed by atoms with Crippen molar-refractivity contribution in [3.63, 3.8) is 0 Å². The number of sulfone groups is 1. The summed E-state index contributed by atoms with van der Waals surface area (Å²) in [7, 11) is -3.75. The maximum Gasteiger partial charge on any atom is 0.430 e. The Labute approximate surface area is 228 Å². The van der Waals surface area contributed by atoms with Gasteiger partial charge in [0, 0.05) is 23.7 Å². The standard InChI is InChI=1S/C25H22F8N2O5S/c1-2-41(39,40)17-9-10-18-13(11-17)12-35(21(37)22(26,27)14-3-4-14)19(18)20(36)34-16-7-5-15(6-8-16)23(38,24(28,29)30)25(31,32)33/h5-11,14,19,38H,2-4,12H2,1H3,(H,34,36). The van der Waals surface area contributed by atoms with Gasteiger partial charge in [0.1, 0.15) is 6.04 Å². The van der Waals surface area contributed by atoms with Gasteiger partial charge in [-0.3, -0.25) is 9.59 Å². The Morgan fingerprint density at radius 1 is 0.951 bits per heavy atom. The monoisotopic (exact) mass is 614 g/mol. The van der Waals surface area contributed by atoms with Crippen molar-refractivity contribution in [2.75, 3.05) is 11.1 Å². The number of carbonyl (C=O) groups excluding carboxylic acids is 2. The van der Waals surface area contributed by atoms with E-state index < -0.39 is 69.6 Å². The van der Waals surface area contributed by atoms with Crippen LogP contribution in [-0.2, 0) is 31.6 Å². The number of hydrogen-bond acceptors (Lipinski definition) is 5. The normalized spacial score (nSPS) is 18.3. The number of amides is 2. The van der Waals surface area contributed by atoms with Gasteiger partial charge in [-0.15, -0.1) is 0 Å². The van der Waals surface area contributed by atoms with E-state index in [1.807, 2.05) is 0 Å². The van der Waals surface area contributed by atoms with Crippen molar-refractivity contribution < 1.29 is 58.2 Å². The fourth-order valence-corrected chi connectivity index (χ4v) is 5.50. The molecule has 1 atom stereocenters. The highest BCUT2D eigenvalue weighted by Gasteiger charge is 2.71. The molecule has 2 N–H and O–H groups in total. The highest BCUT2D eigenvalue weighted by molar-refractivity contribution is 7.91. The molecule has 7 nitrogen and oxygen atoms in total. The predicted molar refractivity (Wildman–Crippen MR) is 126 cm³/mol. The van der Waals surface area contributed by atoms with E-state index in [0.717, 1.165) is 12.1 Å². The highest BCUT2D eigenvalue weighted by Crippen LogP contribution is 2.50. The molecule has 0 aromatic heterocycles. The second-order valence-electron chi connectivity index (χ2n) is 9.77. The molecule has 2 amide bonds. The highest BCUT2D eigenvalue weighted by atomic mass is 32.2. The molecule has 2 aliphatic rings. The van der Waals surface area contributed by atoms with Crippen molar-refractivity contribution in [2.24, 2.45) is 5.92 Å². The summed E-state index contributed by atoms with van der Waals surface area (Å²) in [6.07, 6.45) is -12.1. The second kappa shape index (κ2) is 9.93. The number of anilines is 1. The third-order valence-electron chi connectivity index (χ3n) is 7.08. The number of nitrogens with one attached hydrogen (secondary N) is 1. The van der Waals surface area contributed by atoms with E-state index in [-0.39, 0.29) is 52.4 Å². The third kappa shape index (κ3) is 5.27. The van der Waals surface area contributed by atoms with Gasteiger partial charge in [0.2, 0.25) is 0 Å². The van der Waals surface area contributed by atoms with E-state index in [0.29, 0.717) is 17.0 Å². The van der Waals surface area contributed by atoms with Gasteiger partial charge in [-0.2, -0.15) is 35.1 Å². The molecule has 16 heteroatoms. The van der Waals surface area contributed by atoms with E-state index in [1.54, 1.807) is 0 Å². The average Bonchev–Trinajstić information content (AvgIpc) is 3.67.